The van der Waals surface area contributed by atoms with Gasteiger partial charge < -0.3 is 25.0 Å². The van der Waals surface area contributed by atoms with Crippen molar-refractivity contribution < 1.29 is 24.5 Å². The monoisotopic (exact) mass is 401 g/mol. The van der Waals surface area contributed by atoms with Crippen LogP contribution in [0, 0.1) is 10.1 Å². The van der Waals surface area contributed by atoms with Crippen LogP contribution in [0.3, 0.4) is 0 Å². The van der Waals surface area contributed by atoms with Crippen molar-refractivity contribution in [3.8, 4) is 11.5 Å². The highest BCUT2D eigenvalue weighted by atomic mass is 16.6. The molecule has 3 rings (SSSR count). The second-order valence-corrected chi connectivity index (χ2v) is 6.99. The number of benzene rings is 2. The number of nitrogens with zero attached hydrogens (tertiary/aromatic N) is 2. The van der Waals surface area contributed by atoms with Gasteiger partial charge in [-0.2, -0.15) is 0 Å². The van der Waals surface area contributed by atoms with Gasteiger partial charge in [0.05, 0.1) is 50.0 Å². The molecule has 9 heteroatoms. The summed E-state index contributed by atoms with van der Waals surface area (Å²) in [5.41, 5.74) is 0.738. The molecule has 1 atom stereocenters. The largest absolute Gasteiger partial charge is 0.506 e. The number of nitrogens with one attached hydrogen (secondary N) is 2. The van der Waals surface area contributed by atoms with E-state index in [0.29, 0.717) is 31.9 Å². The first-order chi connectivity index (χ1) is 13.9. The minimum atomic E-state index is -0.541. The number of hydrogen-bond donors (Lipinski definition) is 3. The predicted molar refractivity (Wildman–Crippen MR) is 109 cm³/mol. The number of nitro groups is 1. The number of para-hydroxylation sites is 2. The Morgan fingerprint density at radius 3 is 2.59 bits per heavy atom. The first-order valence-corrected chi connectivity index (χ1v) is 9.41. The maximum atomic E-state index is 12.7. The third-order valence-corrected chi connectivity index (χ3v) is 5.29. The summed E-state index contributed by atoms with van der Waals surface area (Å²) in [7, 11) is 1.43. The number of anilines is 2. The van der Waals surface area contributed by atoms with Crippen LogP contribution in [0.5, 0.6) is 11.5 Å². The van der Waals surface area contributed by atoms with Gasteiger partial charge in [0, 0.05) is 0 Å². The molecular formula is C20H25N4O5+. The molecule has 0 aliphatic carbocycles. The van der Waals surface area contributed by atoms with E-state index >= 15 is 0 Å². The summed E-state index contributed by atoms with van der Waals surface area (Å²) in [6.07, 6.45) is 0. The maximum Gasteiger partial charge on any atom is 0.296 e. The Morgan fingerprint density at radius 2 is 1.97 bits per heavy atom. The fourth-order valence-electron chi connectivity index (χ4n) is 3.52. The number of methoxy groups -OCH3 is 1. The number of ether oxygens (including phenoxy) is 1. The van der Waals surface area contributed by atoms with Gasteiger partial charge in [0.15, 0.2) is 6.04 Å². The molecule has 1 saturated heterocycles. The van der Waals surface area contributed by atoms with E-state index in [-0.39, 0.29) is 29.1 Å². The Labute approximate surface area is 168 Å². The van der Waals surface area contributed by atoms with Crippen LogP contribution in [-0.2, 0) is 4.79 Å². The number of quaternary nitrogens is 1. The standard InChI is InChI=1S/C20H24N4O5/c1-14(20(26)21-16-8-7-15(29-2)13-18(16)24(27)28)22-9-11-23(12-10-22)17-5-3-4-6-19(17)25/h3-8,13-14,25H,9-12H2,1-2H3,(H,21,26)/p+1/t14-/m0/s1. The van der Waals surface area contributed by atoms with Gasteiger partial charge in [-0.1, -0.05) is 12.1 Å². The lowest BCUT2D eigenvalue weighted by atomic mass is 10.1. The van der Waals surface area contributed by atoms with E-state index in [4.69, 9.17) is 4.74 Å². The van der Waals surface area contributed by atoms with Gasteiger partial charge in [0.25, 0.3) is 11.6 Å². The Kier molecular flexibility index (Phi) is 6.18. The van der Waals surface area contributed by atoms with Gasteiger partial charge in [-0.25, -0.2) is 0 Å². The summed E-state index contributed by atoms with van der Waals surface area (Å²) in [4.78, 5) is 26.7. The van der Waals surface area contributed by atoms with E-state index in [0.717, 1.165) is 10.6 Å². The molecule has 0 radical (unpaired) electrons. The molecule has 2 aromatic rings. The van der Waals surface area contributed by atoms with Crippen molar-refractivity contribution >= 4 is 23.0 Å². The van der Waals surface area contributed by atoms with Gasteiger partial charge in [-0.05, 0) is 31.2 Å². The number of phenolic OH excluding ortho intramolecular Hbond substituents is 1. The Balaban J connectivity index is 1.63. The van der Waals surface area contributed by atoms with Crippen molar-refractivity contribution in [2.24, 2.45) is 0 Å². The lowest BCUT2D eigenvalue weighted by molar-refractivity contribution is -0.914. The molecule has 1 amide bonds. The van der Waals surface area contributed by atoms with E-state index in [9.17, 15) is 20.0 Å². The average Bonchev–Trinajstić information content (AvgIpc) is 2.73. The van der Waals surface area contributed by atoms with E-state index in [2.05, 4.69) is 10.2 Å². The third kappa shape index (κ3) is 4.57. The van der Waals surface area contributed by atoms with Crippen LogP contribution in [0.1, 0.15) is 6.92 Å². The number of aromatic hydroxyl groups is 1. The molecule has 1 heterocycles. The fraction of sp³-hybridized carbons (Fsp3) is 0.350. The molecule has 9 nitrogen and oxygen atoms in total. The number of hydrogen-bond acceptors (Lipinski definition) is 6. The highest BCUT2D eigenvalue weighted by Crippen LogP contribution is 2.29. The van der Waals surface area contributed by atoms with Crippen LogP contribution < -0.4 is 19.9 Å². The smallest absolute Gasteiger partial charge is 0.296 e. The highest BCUT2D eigenvalue weighted by Gasteiger charge is 2.31. The van der Waals surface area contributed by atoms with Crippen LogP contribution in [0.4, 0.5) is 17.1 Å². The van der Waals surface area contributed by atoms with Crippen molar-refractivity contribution in [1.82, 2.24) is 0 Å². The van der Waals surface area contributed by atoms with Crippen molar-refractivity contribution in [3.05, 3.63) is 52.6 Å². The van der Waals surface area contributed by atoms with E-state index in [1.165, 1.54) is 19.2 Å². The lowest BCUT2D eigenvalue weighted by Crippen LogP contribution is -3.19. The Hall–Kier alpha value is -3.33. The molecule has 0 aromatic heterocycles. The first kappa shape index (κ1) is 20.4. The number of carbonyl (C=O) groups excluding carboxylic acids is 1. The summed E-state index contributed by atoms with van der Waals surface area (Å²) in [5, 5.41) is 24.0. The van der Waals surface area contributed by atoms with Crippen molar-refractivity contribution in [2.45, 2.75) is 13.0 Å². The zero-order valence-corrected chi connectivity index (χ0v) is 16.4. The van der Waals surface area contributed by atoms with Crippen molar-refractivity contribution in [3.63, 3.8) is 0 Å². The summed E-state index contributed by atoms with van der Waals surface area (Å²) >= 11 is 0. The van der Waals surface area contributed by atoms with Crippen molar-refractivity contribution in [1.29, 1.82) is 0 Å². The van der Waals surface area contributed by atoms with E-state index < -0.39 is 4.92 Å². The molecule has 154 valence electrons. The van der Waals surface area contributed by atoms with E-state index in [1.807, 2.05) is 19.1 Å². The number of carbonyl (C=O) groups is 1. The number of phenols is 1. The predicted octanol–water partition coefficient (Wildman–Crippen LogP) is 1.04. The fourth-order valence-corrected chi connectivity index (χ4v) is 3.52. The Morgan fingerprint density at radius 1 is 1.28 bits per heavy atom. The molecule has 0 saturated carbocycles. The number of nitro benzene ring substituents is 1. The minimum absolute atomic E-state index is 0.153. The van der Waals surface area contributed by atoms with Crippen LogP contribution in [-0.4, -0.2) is 55.3 Å². The number of amides is 1. The first-order valence-electron chi connectivity index (χ1n) is 9.41. The Bertz CT molecular complexity index is 896. The third-order valence-electron chi connectivity index (χ3n) is 5.29. The molecule has 1 aliphatic heterocycles. The van der Waals surface area contributed by atoms with Gasteiger partial charge in [-0.3, -0.25) is 14.9 Å². The van der Waals surface area contributed by atoms with Gasteiger partial charge in [0.2, 0.25) is 0 Å². The van der Waals surface area contributed by atoms with E-state index in [1.54, 1.807) is 18.2 Å². The summed E-state index contributed by atoms with van der Waals surface area (Å²) in [6.45, 7) is 4.65. The number of piperazine rings is 1. The maximum absolute atomic E-state index is 12.7. The van der Waals surface area contributed by atoms with Gasteiger partial charge >= 0.3 is 0 Å². The minimum Gasteiger partial charge on any atom is -0.506 e. The molecule has 1 fully saturated rings. The van der Waals surface area contributed by atoms with Crippen molar-refractivity contribution in [2.75, 3.05) is 43.5 Å². The quantitative estimate of drug-likeness (QED) is 0.493. The molecule has 0 spiro atoms. The average molecular weight is 401 g/mol. The van der Waals surface area contributed by atoms with Gasteiger partial charge in [-0.15, -0.1) is 0 Å². The van der Waals surface area contributed by atoms with Crippen LogP contribution >= 0.6 is 0 Å². The summed E-state index contributed by atoms with van der Waals surface area (Å²) in [6, 6.07) is 11.2. The zero-order valence-electron chi connectivity index (χ0n) is 16.4. The lowest BCUT2D eigenvalue weighted by Gasteiger charge is -2.36. The molecule has 0 bridgehead atoms. The van der Waals surface area contributed by atoms with Crippen LogP contribution in [0.25, 0.3) is 0 Å². The SMILES string of the molecule is COc1ccc(NC(=O)[C@H](C)[NH+]2CCN(c3ccccc3O)CC2)c([N+](=O)[O-])c1. The zero-order chi connectivity index (χ0) is 21.0. The second-order valence-electron chi connectivity index (χ2n) is 6.99. The molecular weight excluding hydrogens is 376 g/mol. The second kappa shape index (κ2) is 8.78. The summed E-state index contributed by atoms with van der Waals surface area (Å²) < 4.78 is 5.02. The molecule has 3 N–H and O–H groups in total. The highest BCUT2D eigenvalue weighted by molar-refractivity contribution is 5.95. The van der Waals surface area contributed by atoms with Gasteiger partial charge in [0.1, 0.15) is 17.2 Å². The number of rotatable bonds is 6. The topological polar surface area (TPSA) is 109 Å². The summed E-state index contributed by atoms with van der Waals surface area (Å²) in [5.74, 6) is 0.325. The molecule has 1 aliphatic rings. The molecule has 29 heavy (non-hydrogen) atoms. The van der Waals surface area contributed by atoms with Crippen LogP contribution in [0.15, 0.2) is 42.5 Å². The van der Waals surface area contributed by atoms with Crippen LogP contribution in [0.2, 0.25) is 0 Å². The molecule has 2 aromatic carbocycles. The normalized spacial score (nSPS) is 15.6. The molecule has 0 unspecified atom stereocenters.